The Hall–Kier alpha value is -0.650. The molecule has 0 rings (SSSR count). The smallest absolute Gasteiger partial charge is 0.308 e. The minimum Gasteiger partial charge on any atom is -0.463 e. The van der Waals surface area contributed by atoms with E-state index in [1.165, 1.54) is 0 Å². The fraction of sp³-hybridized carbons (Fsp3) is 0.909. The van der Waals surface area contributed by atoms with Gasteiger partial charge in [-0.25, -0.2) is 0 Å². The molecule has 0 amide bonds. The third-order valence-corrected chi connectivity index (χ3v) is 1.72. The van der Waals surface area contributed by atoms with Crippen LogP contribution in [0.2, 0.25) is 0 Å². The summed E-state index contributed by atoms with van der Waals surface area (Å²) in [5.41, 5.74) is 0. The zero-order valence-electron chi connectivity index (χ0n) is 10.2. The molecule has 0 atom stereocenters. The molecule has 0 aromatic heterocycles. The summed E-state index contributed by atoms with van der Waals surface area (Å²) in [4.78, 5) is 11.1. The first-order valence-corrected chi connectivity index (χ1v) is 5.70. The molecule has 0 bridgehead atoms. The van der Waals surface area contributed by atoms with Crippen molar-refractivity contribution in [1.82, 2.24) is 0 Å². The van der Waals surface area contributed by atoms with Gasteiger partial charge in [-0.1, -0.05) is 0 Å². The monoisotopic (exact) mass is 234 g/mol. The molecule has 16 heavy (non-hydrogen) atoms. The largest absolute Gasteiger partial charge is 0.463 e. The van der Waals surface area contributed by atoms with Gasteiger partial charge in [0.2, 0.25) is 0 Å². The zero-order chi connectivity index (χ0) is 12.1. The summed E-state index contributed by atoms with van der Waals surface area (Å²) in [7, 11) is 0. The van der Waals surface area contributed by atoms with Gasteiger partial charge in [-0.2, -0.15) is 0 Å². The van der Waals surface area contributed by atoms with Gasteiger partial charge in [0.25, 0.3) is 0 Å². The normalized spacial score (nSPS) is 10.4. The second-order valence-corrected chi connectivity index (χ2v) is 2.98. The molecule has 0 radical (unpaired) electrons. The van der Waals surface area contributed by atoms with Crippen molar-refractivity contribution in [2.45, 2.75) is 20.3 Å². The highest BCUT2D eigenvalue weighted by molar-refractivity contribution is 5.69. The molecule has 0 spiro atoms. The van der Waals surface area contributed by atoms with Gasteiger partial charge in [0.1, 0.15) is 6.61 Å². The summed E-state index contributed by atoms with van der Waals surface area (Å²) >= 11 is 0. The Morgan fingerprint density at radius 3 is 2.00 bits per heavy atom. The van der Waals surface area contributed by atoms with Gasteiger partial charge in [-0.05, 0) is 13.8 Å². The van der Waals surface area contributed by atoms with E-state index in [4.69, 9.17) is 18.9 Å². The van der Waals surface area contributed by atoms with Crippen LogP contribution in [0.15, 0.2) is 0 Å². The van der Waals surface area contributed by atoms with Gasteiger partial charge in [0, 0.05) is 13.2 Å². The van der Waals surface area contributed by atoms with E-state index in [0.717, 1.165) is 0 Å². The summed E-state index contributed by atoms with van der Waals surface area (Å²) in [6.45, 7) is 7.36. The van der Waals surface area contributed by atoms with E-state index in [-0.39, 0.29) is 12.4 Å². The van der Waals surface area contributed by atoms with Crippen molar-refractivity contribution in [2.24, 2.45) is 0 Å². The molecule has 0 aromatic carbocycles. The molecule has 96 valence electrons. The van der Waals surface area contributed by atoms with Gasteiger partial charge in [0.15, 0.2) is 0 Å². The van der Waals surface area contributed by atoms with Crippen LogP contribution in [0.25, 0.3) is 0 Å². The molecule has 0 aliphatic carbocycles. The van der Waals surface area contributed by atoms with Crippen LogP contribution in [0, 0.1) is 0 Å². The molecular formula is C11H22O5. The minimum absolute atomic E-state index is 0.254. The van der Waals surface area contributed by atoms with Crippen LogP contribution in [0.1, 0.15) is 20.3 Å². The fourth-order valence-corrected chi connectivity index (χ4v) is 0.951. The molecule has 0 saturated carbocycles. The topological polar surface area (TPSA) is 54.0 Å². The Balaban J connectivity index is 3.11. The third kappa shape index (κ3) is 11.4. The van der Waals surface area contributed by atoms with Crippen molar-refractivity contribution in [3.63, 3.8) is 0 Å². The molecule has 0 aliphatic heterocycles. The van der Waals surface area contributed by atoms with E-state index < -0.39 is 0 Å². The number of ether oxygens (including phenoxy) is 4. The van der Waals surface area contributed by atoms with Crippen molar-refractivity contribution < 1.29 is 23.7 Å². The first-order valence-electron chi connectivity index (χ1n) is 5.70. The lowest BCUT2D eigenvalue weighted by Gasteiger charge is -2.05. The molecule has 0 saturated heterocycles. The SMILES string of the molecule is CCOCCOCCC(=O)OCCOCC. The van der Waals surface area contributed by atoms with Crippen LogP contribution in [0.4, 0.5) is 0 Å². The third-order valence-electron chi connectivity index (χ3n) is 1.72. The average Bonchev–Trinajstić information content (AvgIpc) is 2.29. The van der Waals surface area contributed by atoms with Crippen LogP contribution in [-0.4, -0.2) is 52.2 Å². The van der Waals surface area contributed by atoms with E-state index in [1.54, 1.807) is 0 Å². The lowest BCUT2D eigenvalue weighted by Crippen LogP contribution is -2.13. The second-order valence-electron chi connectivity index (χ2n) is 2.98. The van der Waals surface area contributed by atoms with Crippen molar-refractivity contribution in [3.05, 3.63) is 0 Å². The van der Waals surface area contributed by atoms with Crippen LogP contribution < -0.4 is 0 Å². The minimum atomic E-state index is -0.254. The Labute approximate surface area is 97.0 Å². The zero-order valence-corrected chi connectivity index (χ0v) is 10.2. The van der Waals surface area contributed by atoms with Crippen LogP contribution >= 0.6 is 0 Å². The van der Waals surface area contributed by atoms with Crippen LogP contribution in [-0.2, 0) is 23.7 Å². The molecule has 5 heteroatoms. The van der Waals surface area contributed by atoms with Gasteiger partial charge < -0.3 is 18.9 Å². The highest BCUT2D eigenvalue weighted by atomic mass is 16.6. The molecule has 0 N–H and O–H groups in total. The Morgan fingerprint density at radius 2 is 1.38 bits per heavy atom. The van der Waals surface area contributed by atoms with Crippen molar-refractivity contribution in [3.8, 4) is 0 Å². The van der Waals surface area contributed by atoms with Crippen molar-refractivity contribution in [1.29, 1.82) is 0 Å². The predicted octanol–water partition coefficient (Wildman–Crippen LogP) is 1.01. The molecule has 0 aliphatic rings. The standard InChI is InChI=1S/C11H22O5/c1-3-13-7-8-15-6-5-11(12)16-10-9-14-4-2/h3-10H2,1-2H3. The summed E-state index contributed by atoms with van der Waals surface area (Å²) in [6, 6.07) is 0. The first kappa shape index (κ1) is 15.3. The number of rotatable bonds is 11. The van der Waals surface area contributed by atoms with Crippen molar-refractivity contribution >= 4 is 5.97 Å². The molecule has 0 aromatic rings. The second kappa shape index (κ2) is 12.4. The Morgan fingerprint density at radius 1 is 0.812 bits per heavy atom. The predicted molar refractivity (Wildman–Crippen MR) is 59.4 cm³/mol. The maximum Gasteiger partial charge on any atom is 0.308 e. The number of carbonyl (C=O) groups excluding carboxylic acids is 1. The summed E-state index contributed by atoms with van der Waals surface area (Å²) in [6.07, 6.45) is 0.276. The summed E-state index contributed by atoms with van der Waals surface area (Å²) in [5.74, 6) is -0.254. The first-order chi connectivity index (χ1) is 7.81. The maximum atomic E-state index is 11.1. The van der Waals surface area contributed by atoms with E-state index in [9.17, 15) is 4.79 Å². The highest BCUT2D eigenvalue weighted by Crippen LogP contribution is 1.89. The summed E-state index contributed by atoms with van der Waals surface area (Å²) in [5, 5.41) is 0. The highest BCUT2D eigenvalue weighted by Gasteiger charge is 2.02. The van der Waals surface area contributed by atoms with Crippen LogP contribution in [0.3, 0.4) is 0 Å². The molecule has 0 fully saturated rings. The van der Waals surface area contributed by atoms with Gasteiger partial charge in [-0.15, -0.1) is 0 Å². The van der Waals surface area contributed by atoms with E-state index >= 15 is 0 Å². The van der Waals surface area contributed by atoms with E-state index in [1.807, 2.05) is 13.8 Å². The average molecular weight is 234 g/mol. The lowest BCUT2D eigenvalue weighted by atomic mass is 10.5. The van der Waals surface area contributed by atoms with E-state index in [2.05, 4.69) is 0 Å². The number of hydrogen-bond acceptors (Lipinski definition) is 5. The summed E-state index contributed by atoms with van der Waals surface area (Å²) < 4.78 is 20.2. The lowest BCUT2D eigenvalue weighted by molar-refractivity contribution is -0.146. The van der Waals surface area contributed by atoms with Gasteiger partial charge in [-0.3, -0.25) is 4.79 Å². The van der Waals surface area contributed by atoms with E-state index in [0.29, 0.717) is 46.2 Å². The van der Waals surface area contributed by atoms with Crippen molar-refractivity contribution in [2.75, 3.05) is 46.2 Å². The van der Waals surface area contributed by atoms with Crippen LogP contribution in [0.5, 0.6) is 0 Å². The number of hydrogen-bond donors (Lipinski definition) is 0. The van der Waals surface area contributed by atoms with Gasteiger partial charge >= 0.3 is 5.97 Å². The fourth-order valence-electron chi connectivity index (χ4n) is 0.951. The molecule has 0 heterocycles. The number of esters is 1. The number of carbonyl (C=O) groups is 1. The Kier molecular flexibility index (Phi) is 11.9. The quantitative estimate of drug-likeness (QED) is 0.394. The maximum absolute atomic E-state index is 11.1. The molecule has 5 nitrogen and oxygen atoms in total. The molecular weight excluding hydrogens is 212 g/mol. The Bertz CT molecular complexity index is 160. The molecule has 0 unspecified atom stereocenters. The van der Waals surface area contributed by atoms with Gasteiger partial charge in [0.05, 0.1) is 32.8 Å².